The van der Waals surface area contributed by atoms with Gasteiger partial charge >= 0.3 is 221 Å². The Morgan fingerprint density at radius 3 is 2.61 bits per heavy atom. The van der Waals surface area contributed by atoms with Gasteiger partial charge in [0.25, 0.3) is 0 Å². The fourth-order valence-corrected chi connectivity index (χ4v) is 9.17. The molecule has 4 N–H and O–H groups in total. The van der Waals surface area contributed by atoms with E-state index < -0.39 is 17.4 Å². The van der Waals surface area contributed by atoms with Gasteiger partial charge in [0.05, 0.1) is 0 Å². The summed E-state index contributed by atoms with van der Waals surface area (Å²) in [7, 11) is 0. The molecule has 1 aromatic carbocycles. The van der Waals surface area contributed by atoms with Gasteiger partial charge in [0.15, 0.2) is 0 Å². The second kappa shape index (κ2) is 8.57. The zero-order valence-corrected chi connectivity index (χ0v) is 21.7. The second-order valence-electron chi connectivity index (χ2n) is 9.63. The Morgan fingerprint density at radius 2 is 1.94 bits per heavy atom. The summed E-state index contributed by atoms with van der Waals surface area (Å²) in [6.45, 7) is 0. The molecule has 2 aliphatic carbocycles. The maximum absolute atomic E-state index is 13.7. The third kappa shape index (κ3) is 4.44. The molecule has 0 spiro atoms. The number of amides is 1. The van der Waals surface area contributed by atoms with Crippen molar-refractivity contribution in [1.82, 2.24) is 20.3 Å². The number of nitrogens with zero attached hydrogens (tertiary/aromatic N) is 3. The monoisotopic (exact) mass is 629 g/mol. The van der Waals surface area contributed by atoms with E-state index in [0.717, 1.165) is 25.3 Å². The van der Waals surface area contributed by atoms with E-state index in [-0.39, 0.29) is 44.6 Å². The van der Waals surface area contributed by atoms with E-state index in [9.17, 15) is 18.0 Å². The van der Waals surface area contributed by atoms with Gasteiger partial charge in [-0.05, 0) is 0 Å². The van der Waals surface area contributed by atoms with Crippen LogP contribution in [0, 0.1) is 5.92 Å². The van der Waals surface area contributed by atoms with Crippen molar-refractivity contribution in [1.29, 1.82) is 0 Å². The van der Waals surface area contributed by atoms with Gasteiger partial charge in [-0.1, -0.05) is 0 Å². The number of carbonyl (C=O) groups is 1. The molecule has 3 unspecified atom stereocenters. The predicted molar refractivity (Wildman–Crippen MR) is 125 cm³/mol. The van der Waals surface area contributed by atoms with Crippen LogP contribution in [0.4, 0.5) is 24.8 Å². The zero-order chi connectivity index (χ0) is 25.2. The number of aromatic nitrogens is 3. The van der Waals surface area contributed by atoms with Crippen molar-refractivity contribution in [2.24, 2.45) is 5.92 Å². The molecular formula is C24H22ClF3IN6O-. The van der Waals surface area contributed by atoms with Gasteiger partial charge in [-0.25, -0.2) is 0 Å². The van der Waals surface area contributed by atoms with Crippen LogP contribution in [0.15, 0.2) is 36.7 Å². The molecule has 3 aromatic rings. The first-order valence-corrected chi connectivity index (χ1v) is 14.5. The van der Waals surface area contributed by atoms with Crippen LogP contribution in [0.2, 0.25) is 5.02 Å². The van der Waals surface area contributed by atoms with Crippen LogP contribution in [-0.4, -0.2) is 40.3 Å². The molecule has 0 radical (unpaired) electrons. The zero-order valence-electron chi connectivity index (χ0n) is 18.8. The van der Waals surface area contributed by atoms with Gasteiger partial charge in [-0.3, -0.25) is 0 Å². The molecule has 36 heavy (non-hydrogen) atoms. The van der Waals surface area contributed by atoms with Gasteiger partial charge < -0.3 is 0 Å². The number of hydrogen-bond acceptors (Lipinski definition) is 6. The van der Waals surface area contributed by atoms with Crippen LogP contribution in [0.1, 0.15) is 41.7 Å². The summed E-state index contributed by atoms with van der Waals surface area (Å²) in [6, 6.07) is 5.68. The summed E-state index contributed by atoms with van der Waals surface area (Å²) >= 11 is 6.40. The molecule has 7 nitrogen and oxygen atoms in total. The van der Waals surface area contributed by atoms with E-state index in [1.54, 1.807) is 12.1 Å². The topological polar surface area (TPSA) is 106 Å². The van der Waals surface area contributed by atoms with Crippen LogP contribution in [-0.2, 0) is 6.18 Å². The second-order valence-corrected chi connectivity index (χ2v) is 13.7. The molecule has 1 saturated heterocycles. The van der Waals surface area contributed by atoms with E-state index in [1.165, 1.54) is 18.5 Å². The first-order chi connectivity index (χ1) is 17.1. The minimum atomic E-state index is -4.57. The molecule has 0 bridgehead atoms. The van der Waals surface area contributed by atoms with E-state index in [1.807, 2.05) is 0 Å². The van der Waals surface area contributed by atoms with Gasteiger partial charge in [0.1, 0.15) is 0 Å². The summed E-state index contributed by atoms with van der Waals surface area (Å²) in [5, 5.41) is 7.65. The summed E-state index contributed by atoms with van der Waals surface area (Å²) in [4.78, 5) is 24.4. The van der Waals surface area contributed by atoms with Crippen molar-refractivity contribution in [3.63, 3.8) is 0 Å². The van der Waals surface area contributed by atoms with E-state index >= 15 is 0 Å². The van der Waals surface area contributed by atoms with Crippen LogP contribution >= 0.6 is 11.6 Å². The number of fused-ring (bicyclic) bond motifs is 2. The molecule has 12 heteroatoms. The molecular weight excluding hydrogens is 608 g/mol. The molecule has 6 rings (SSSR count). The van der Waals surface area contributed by atoms with E-state index in [2.05, 4.69) is 25.6 Å². The third-order valence-electron chi connectivity index (χ3n) is 7.21. The SMILES string of the molecule is Nc1ncc(C(=O)N[C@@H]2CCCC(Nc3cc(C(F)(F)F)nc4ccc(Cl)cc34)(C3C4[I-]C43)C2)cn1. The molecule has 2 aromatic heterocycles. The Labute approximate surface area is 220 Å². The van der Waals surface area contributed by atoms with Crippen molar-refractivity contribution >= 4 is 40.0 Å². The van der Waals surface area contributed by atoms with Crippen molar-refractivity contribution in [3.05, 3.63) is 52.9 Å². The molecule has 1 aliphatic heterocycles. The number of rotatable bonds is 5. The molecule has 190 valence electrons. The van der Waals surface area contributed by atoms with Crippen molar-refractivity contribution < 1.29 is 39.2 Å². The normalized spacial score (nSPS) is 29.1. The fourth-order valence-electron chi connectivity index (χ4n) is 5.42. The van der Waals surface area contributed by atoms with Gasteiger partial charge in [-0.15, -0.1) is 0 Å². The van der Waals surface area contributed by atoms with Crippen molar-refractivity contribution in [2.75, 3.05) is 11.1 Å². The quantitative estimate of drug-likeness (QED) is 0.290. The number of hydrogen-bond donors (Lipinski definition) is 3. The predicted octanol–water partition coefficient (Wildman–Crippen LogP) is 1.27. The average Bonchev–Trinajstić information content (AvgIpc) is 3.72. The summed E-state index contributed by atoms with van der Waals surface area (Å²) in [6.07, 6.45) is 1.29. The molecule has 2 saturated carbocycles. The molecule has 3 aliphatic rings. The number of nitrogen functional groups attached to an aromatic ring is 1. The maximum atomic E-state index is 13.7. The summed E-state index contributed by atoms with van der Waals surface area (Å²) in [5.41, 5.74) is 5.13. The van der Waals surface area contributed by atoms with Crippen molar-refractivity contribution in [3.8, 4) is 0 Å². The average molecular weight is 630 g/mol. The van der Waals surface area contributed by atoms with Gasteiger partial charge in [0.2, 0.25) is 0 Å². The number of nitrogens with one attached hydrogen (secondary N) is 2. The van der Waals surface area contributed by atoms with E-state index in [4.69, 9.17) is 17.3 Å². The Balaban J connectivity index is 1.32. The summed E-state index contributed by atoms with van der Waals surface area (Å²) < 4.78 is 42.5. The van der Waals surface area contributed by atoms with Crippen molar-refractivity contribution in [2.45, 2.75) is 51.3 Å². The first-order valence-electron chi connectivity index (χ1n) is 11.6. The Bertz CT molecular complexity index is 1350. The van der Waals surface area contributed by atoms with Gasteiger partial charge in [0, 0.05) is 0 Å². The van der Waals surface area contributed by atoms with E-state index in [0.29, 0.717) is 41.8 Å². The first kappa shape index (κ1) is 24.0. The number of alkyl halides is 5. The summed E-state index contributed by atoms with van der Waals surface area (Å²) in [5.74, 6) is 0.220. The van der Waals surface area contributed by atoms with Gasteiger partial charge in [-0.2, -0.15) is 0 Å². The number of carbonyl (C=O) groups excluding carboxylic acids is 1. The van der Waals surface area contributed by atoms with Crippen LogP contribution < -0.4 is 37.6 Å². The Hall–Kier alpha value is -2.41. The minimum absolute atomic E-state index is 0.0894. The number of benzene rings is 1. The number of halogens is 5. The standard InChI is InChI=1S/C24H22ClF3IN6O/c25-12-3-4-15-14(6-12)16(7-17(34-15)24(26,27)28)35-23(18-19-20(18)29-19)5-1-2-13(8-23)33-21(36)11-9-31-22(30)32-10-11/h3-4,6-7,9-10,13,18-20H,1-2,5,8H2,(H,33,36)(H,34,35)(H2,30,31,32)/q-1/t13-,18?,19?,20?,23?/m1/s1. The fraction of sp³-hybridized carbons (Fsp3) is 0.417. The Kier molecular flexibility index (Phi) is 5.71. The number of anilines is 2. The molecule has 3 fully saturated rings. The number of pyridine rings is 1. The third-order valence-corrected chi connectivity index (χ3v) is 11.4. The van der Waals surface area contributed by atoms with Crippen LogP contribution in [0.25, 0.3) is 10.9 Å². The molecule has 1 amide bonds. The number of nitrogens with two attached hydrogens (primary N) is 1. The Morgan fingerprint density at radius 1 is 1.19 bits per heavy atom. The molecule has 3 heterocycles. The van der Waals surface area contributed by atoms with Crippen LogP contribution in [0.5, 0.6) is 0 Å². The van der Waals surface area contributed by atoms with Crippen LogP contribution in [0.3, 0.4) is 0 Å². The molecule has 4 atom stereocenters.